The van der Waals surface area contributed by atoms with Crippen molar-refractivity contribution in [3.63, 3.8) is 0 Å². The number of hydrogen-bond donors (Lipinski definition) is 1. The minimum atomic E-state index is -1.27. The van der Waals surface area contributed by atoms with Crippen molar-refractivity contribution in [3.05, 3.63) is 52.2 Å². The first-order valence-electron chi connectivity index (χ1n) is 5.31. The Bertz CT molecular complexity index is 677. The van der Waals surface area contributed by atoms with Crippen LogP contribution in [0, 0.1) is 11.3 Å². The normalized spacial score (nSPS) is 11.1. The number of nitriles is 1. The van der Waals surface area contributed by atoms with E-state index in [0.29, 0.717) is 11.5 Å². The number of carbonyl (C=O) groups is 1. The number of rotatable bonds is 3. The molecule has 0 spiro atoms. The van der Waals surface area contributed by atoms with Crippen molar-refractivity contribution < 1.29 is 14.3 Å². The van der Waals surface area contributed by atoms with Gasteiger partial charge >= 0.3 is 5.97 Å². The van der Waals surface area contributed by atoms with Gasteiger partial charge in [-0.3, -0.25) is 0 Å². The van der Waals surface area contributed by atoms with Crippen LogP contribution < -0.4 is 0 Å². The van der Waals surface area contributed by atoms with Crippen LogP contribution in [0.2, 0.25) is 0 Å². The Morgan fingerprint density at radius 2 is 1.95 bits per heavy atom. The molecule has 0 atom stereocenters. The first kappa shape index (κ1) is 13.1. The number of halogens is 1. The molecule has 1 heterocycles. The zero-order chi connectivity index (χ0) is 13.8. The van der Waals surface area contributed by atoms with Gasteiger partial charge in [0.2, 0.25) is 0 Å². The fourth-order valence-electron chi connectivity index (χ4n) is 1.48. The van der Waals surface area contributed by atoms with Gasteiger partial charge in [-0.1, -0.05) is 28.1 Å². The molecule has 0 radical (unpaired) electrons. The first-order valence-corrected chi connectivity index (χ1v) is 6.10. The zero-order valence-corrected chi connectivity index (χ0v) is 11.2. The molecular formula is C14H8BrNO3. The fraction of sp³-hybridized carbons (Fsp3) is 0. The van der Waals surface area contributed by atoms with Gasteiger partial charge in [-0.15, -0.1) is 0 Å². The van der Waals surface area contributed by atoms with Gasteiger partial charge in [-0.25, -0.2) is 4.79 Å². The molecule has 0 aliphatic heterocycles. The topological polar surface area (TPSA) is 74.2 Å². The van der Waals surface area contributed by atoms with E-state index in [9.17, 15) is 4.79 Å². The number of carboxylic acid groups (broad SMARTS) is 1. The molecule has 0 fully saturated rings. The van der Waals surface area contributed by atoms with E-state index in [0.717, 1.165) is 10.0 Å². The van der Waals surface area contributed by atoms with Crippen LogP contribution in [0.5, 0.6) is 0 Å². The lowest BCUT2D eigenvalue weighted by atomic mass is 10.2. The van der Waals surface area contributed by atoms with E-state index in [4.69, 9.17) is 14.8 Å². The highest BCUT2D eigenvalue weighted by molar-refractivity contribution is 9.10. The molecule has 0 saturated carbocycles. The zero-order valence-electron chi connectivity index (χ0n) is 9.63. The van der Waals surface area contributed by atoms with Crippen LogP contribution in [0.1, 0.15) is 5.76 Å². The number of hydrogen-bond acceptors (Lipinski definition) is 3. The Hall–Kier alpha value is -2.32. The Kier molecular flexibility index (Phi) is 3.83. The molecular weight excluding hydrogens is 310 g/mol. The third-order valence-electron chi connectivity index (χ3n) is 2.39. The predicted molar refractivity (Wildman–Crippen MR) is 73.1 cm³/mol. The lowest BCUT2D eigenvalue weighted by molar-refractivity contribution is -0.132. The van der Waals surface area contributed by atoms with Gasteiger partial charge in [0, 0.05) is 16.1 Å². The van der Waals surface area contributed by atoms with Gasteiger partial charge in [0.1, 0.15) is 23.2 Å². The van der Waals surface area contributed by atoms with Crippen LogP contribution in [0.3, 0.4) is 0 Å². The molecule has 4 nitrogen and oxygen atoms in total. The predicted octanol–water partition coefficient (Wildman–Crippen LogP) is 3.70. The maximum atomic E-state index is 10.7. The number of aliphatic carboxylic acids is 1. The first-order chi connectivity index (χ1) is 9.10. The van der Waals surface area contributed by atoms with Crippen molar-refractivity contribution in [1.29, 1.82) is 5.26 Å². The molecule has 0 amide bonds. The monoisotopic (exact) mass is 317 g/mol. The lowest BCUT2D eigenvalue weighted by Gasteiger charge is -1.96. The van der Waals surface area contributed by atoms with E-state index in [2.05, 4.69) is 15.9 Å². The highest BCUT2D eigenvalue weighted by Gasteiger charge is 2.08. The smallest absolute Gasteiger partial charge is 0.346 e. The summed E-state index contributed by atoms with van der Waals surface area (Å²) in [7, 11) is 0. The van der Waals surface area contributed by atoms with Crippen LogP contribution in [-0.2, 0) is 4.79 Å². The standard InChI is InChI=1S/C14H8BrNO3/c15-11-3-1-9(2-4-11)13-6-5-12(19-13)7-10(8-16)14(17)18/h1-7H,(H,17,18)/b10-7+. The number of benzene rings is 1. The molecule has 2 aromatic rings. The van der Waals surface area contributed by atoms with Crippen molar-refractivity contribution in [2.75, 3.05) is 0 Å². The molecule has 1 aromatic carbocycles. The molecule has 1 N–H and O–H groups in total. The van der Waals surface area contributed by atoms with Gasteiger partial charge in [-0.2, -0.15) is 5.26 Å². The third kappa shape index (κ3) is 3.12. The third-order valence-corrected chi connectivity index (χ3v) is 2.92. The molecule has 94 valence electrons. The Balaban J connectivity index is 2.32. The van der Waals surface area contributed by atoms with E-state index in [-0.39, 0.29) is 5.57 Å². The van der Waals surface area contributed by atoms with Crippen molar-refractivity contribution in [1.82, 2.24) is 0 Å². The quantitative estimate of drug-likeness (QED) is 0.691. The molecule has 0 saturated heterocycles. The molecule has 0 aliphatic carbocycles. The average molecular weight is 318 g/mol. The van der Waals surface area contributed by atoms with Gasteiger partial charge in [0.15, 0.2) is 0 Å². The molecule has 2 rings (SSSR count). The van der Waals surface area contributed by atoms with E-state index in [1.807, 2.05) is 24.3 Å². The minimum Gasteiger partial charge on any atom is -0.477 e. The minimum absolute atomic E-state index is 0.330. The highest BCUT2D eigenvalue weighted by Crippen LogP contribution is 2.24. The van der Waals surface area contributed by atoms with Crippen molar-refractivity contribution in [2.45, 2.75) is 0 Å². The van der Waals surface area contributed by atoms with E-state index < -0.39 is 5.97 Å². The molecule has 19 heavy (non-hydrogen) atoms. The van der Waals surface area contributed by atoms with Crippen LogP contribution in [-0.4, -0.2) is 11.1 Å². The van der Waals surface area contributed by atoms with Gasteiger partial charge in [0.25, 0.3) is 0 Å². The maximum Gasteiger partial charge on any atom is 0.346 e. The fourth-order valence-corrected chi connectivity index (χ4v) is 1.75. The Morgan fingerprint density at radius 3 is 2.53 bits per heavy atom. The second-order valence-electron chi connectivity index (χ2n) is 3.68. The SMILES string of the molecule is N#C/C(=C\c1ccc(-c2ccc(Br)cc2)o1)C(=O)O. The van der Waals surface area contributed by atoms with Gasteiger partial charge < -0.3 is 9.52 Å². The summed E-state index contributed by atoms with van der Waals surface area (Å²) in [4.78, 5) is 10.7. The van der Waals surface area contributed by atoms with Crippen LogP contribution >= 0.6 is 15.9 Å². The highest BCUT2D eigenvalue weighted by atomic mass is 79.9. The van der Waals surface area contributed by atoms with Crippen molar-refractivity contribution >= 4 is 28.0 Å². The van der Waals surface area contributed by atoms with Crippen LogP contribution in [0.4, 0.5) is 0 Å². The molecule has 5 heteroatoms. The molecule has 0 unspecified atom stereocenters. The summed E-state index contributed by atoms with van der Waals surface area (Å²) in [6.07, 6.45) is 1.20. The lowest BCUT2D eigenvalue weighted by Crippen LogP contribution is -1.96. The summed E-state index contributed by atoms with van der Waals surface area (Å²) in [5.41, 5.74) is 0.508. The van der Waals surface area contributed by atoms with E-state index >= 15 is 0 Å². The second-order valence-corrected chi connectivity index (χ2v) is 4.60. The van der Waals surface area contributed by atoms with Crippen LogP contribution in [0.25, 0.3) is 17.4 Å². The van der Waals surface area contributed by atoms with Gasteiger partial charge in [0.05, 0.1) is 0 Å². The van der Waals surface area contributed by atoms with Crippen molar-refractivity contribution in [3.8, 4) is 17.4 Å². The summed E-state index contributed by atoms with van der Waals surface area (Å²) in [6.45, 7) is 0. The number of carboxylic acids is 1. The molecule has 0 bridgehead atoms. The van der Waals surface area contributed by atoms with E-state index in [1.165, 1.54) is 6.08 Å². The summed E-state index contributed by atoms with van der Waals surface area (Å²) in [5, 5.41) is 17.4. The Morgan fingerprint density at radius 1 is 1.26 bits per heavy atom. The summed E-state index contributed by atoms with van der Waals surface area (Å²) >= 11 is 3.34. The van der Waals surface area contributed by atoms with Gasteiger partial charge in [-0.05, 0) is 24.3 Å². The van der Waals surface area contributed by atoms with Crippen molar-refractivity contribution in [2.24, 2.45) is 0 Å². The van der Waals surface area contributed by atoms with E-state index in [1.54, 1.807) is 18.2 Å². The number of furan rings is 1. The maximum absolute atomic E-state index is 10.7. The summed E-state index contributed by atoms with van der Waals surface area (Å²) in [5.74, 6) is -0.331. The van der Waals surface area contributed by atoms with Crippen LogP contribution in [0.15, 0.2) is 50.9 Å². The average Bonchev–Trinajstić information content (AvgIpc) is 2.85. The Labute approximate surface area is 117 Å². The second kappa shape index (κ2) is 5.55. The largest absolute Gasteiger partial charge is 0.477 e. The summed E-state index contributed by atoms with van der Waals surface area (Å²) in [6, 6.07) is 12.5. The molecule has 1 aromatic heterocycles. The number of nitrogens with zero attached hydrogens (tertiary/aromatic N) is 1. The summed E-state index contributed by atoms with van der Waals surface area (Å²) < 4.78 is 6.44. The molecule has 0 aliphatic rings.